The lowest BCUT2D eigenvalue weighted by atomic mass is 9.87. The molecule has 1 fully saturated rings. The molecule has 0 aromatic carbocycles. The normalized spacial score (nSPS) is 21.9. The molecule has 3 atom stereocenters. The molecule has 0 spiro atoms. The van der Waals surface area contributed by atoms with Crippen LogP contribution in [0.15, 0.2) is 37.0 Å². The monoisotopic (exact) mass is 290 g/mol. The molecule has 0 aromatic heterocycles. The number of hydrogen-bond donors (Lipinski definition) is 0. The predicted molar refractivity (Wildman–Crippen MR) is 84.5 cm³/mol. The predicted octanol–water partition coefficient (Wildman–Crippen LogP) is 4.21. The highest BCUT2D eigenvalue weighted by molar-refractivity contribution is 5.94. The number of hydrogen-bond acceptors (Lipinski definition) is 3. The van der Waals surface area contributed by atoms with Crippen molar-refractivity contribution in [3.63, 3.8) is 0 Å². The van der Waals surface area contributed by atoms with Gasteiger partial charge in [-0.15, -0.1) is 6.58 Å². The second-order valence-electron chi connectivity index (χ2n) is 5.42. The second-order valence-corrected chi connectivity index (χ2v) is 5.42. The Morgan fingerprint density at radius 1 is 1.29 bits per heavy atom. The number of allylic oxidation sites excluding steroid dienone is 5. The molecule has 0 N–H and O–H groups in total. The van der Waals surface area contributed by atoms with Crippen LogP contribution in [0.2, 0.25) is 0 Å². The first-order chi connectivity index (χ1) is 10.1. The maximum absolute atomic E-state index is 11.6. The zero-order valence-electron chi connectivity index (χ0n) is 13.1. The van der Waals surface area contributed by atoms with Crippen molar-refractivity contribution in [3.8, 4) is 0 Å². The molecule has 3 unspecified atom stereocenters. The summed E-state index contributed by atoms with van der Waals surface area (Å²) in [5.74, 6) is -0.727. The fourth-order valence-corrected chi connectivity index (χ4v) is 2.52. The number of rotatable bonds is 9. The standard InChI is InChI=1S/C18H26O3/c1-4-7-8-9-10-14(5-2)11-12-15(6-3)16-13-17(19)21-18(16)20/h5,7-8,11-12,14-16H,2,4,6,9-10,13H2,1,3H3/b8-7+,12-11+. The van der Waals surface area contributed by atoms with E-state index in [2.05, 4.69) is 42.5 Å². The van der Waals surface area contributed by atoms with Crippen molar-refractivity contribution >= 4 is 11.9 Å². The molecule has 0 aromatic rings. The fraction of sp³-hybridized carbons (Fsp3) is 0.556. The summed E-state index contributed by atoms with van der Waals surface area (Å²) in [6, 6.07) is 0. The van der Waals surface area contributed by atoms with Gasteiger partial charge in [-0.2, -0.15) is 0 Å². The summed E-state index contributed by atoms with van der Waals surface area (Å²) in [4.78, 5) is 22.8. The molecule has 116 valence electrons. The van der Waals surface area contributed by atoms with Gasteiger partial charge < -0.3 is 4.74 Å². The summed E-state index contributed by atoms with van der Waals surface area (Å²) in [6.45, 7) is 8.01. The van der Waals surface area contributed by atoms with E-state index in [1.807, 2.05) is 13.0 Å². The molecule has 1 aliphatic heterocycles. The van der Waals surface area contributed by atoms with Crippen LogP contribution in [0.25, 0.3) is 0 Å². The third kappa shape index (κ3) is 5.70. The zero-order chi connectivity index (χ0) is 15.7. The molecule has 0 amide bonds. The van der Waals surface area contributed by atoms with E-state index in [4.69, 9.17) is 0 Å². The summed E-state index contributed by atoms with van der Waals surface area (Å²) in [5, 5.41) is 0. The molecule has 3 nitrogen and oxygen atoms in total. The number of carbonyl (C=O) groups is 2. The summed E-state index contributed by atoms with van der Waals surface area (Å²) in [5.41, 5.74) is 0. The highest BCUT2D eigenvalue weighted by Gasteiger charge is 2.37. The lowest BCUT2D eigenvalue weighted by Crippen LogP contribution is -2.17. The van der Waals surface area contributed by atoms with Crippen LogP contribution in [0.3, 0.4) is 0 Å². The molecule has 0 bridgehead atoms. The molecule has 0 aliphatic carbocycles. The Morgan fingerprint density at radius 3 is 2.57 bits per heavy atom. The smallest absolute Gasteiger partial charge is 0.317 e. The van der Waals surface area contributed by atoms with Gasteiger partial charge in [0.1, 0.15) is 0 Å². The molecule has 1 aliphatic rings. The number of cyclic esters (lactones) is 2. The van der Waals surface area contributed by atoms with Crippen molar-refractivity contribution in [1.82, 2.24) is 0 Å². The minimum Gasteiger partial charge on any atom is -0.393 e. The molecular weight excluding hydrogens is 264 g/mol. The first kappa shape index (κ1) is 17.4. The fourth-order valence-electron chi connectivity index (χ4n) is 2.52. The van der Waals surface area contributed by atoms with Crippen LogP contribution in [-0.4, -0.2) is 11.9 Å². The van der Waals surface area contributed by atoms with Gasteiger partial charge in [-0.25, -0.2) is 0 Å². The summed E-state index contributed by atoms with van der Waals surface area (Å²) >= 11 is 0. The number of carbonyl (C=O) groups excluding carboxylic acids is 2. The van der Waals surface area contributed by atoms with E-state index in [0.717, 1.165) is 25.7 Å². The van der Waals surface area contributed by atoms with Crippen LogP contribution in [0, 0.1) is 17.8 Å². The van der Waals surface area contributed by atoms with Gasteiger partial charge in [0.05, 0.1) is 12.3 Å². The molecule has 21 heavy (non-hydrogen) atoms. The van der Waals surface area contributed by atoms with E-state index in [-0.39, 0.29) is 24.2 Å². The Hall–Kier alpha value is -1.64. The average Bonchev–Trinajstić information content (AvgIpc) is 2.80. The topological polar surface area (TPSA) is 43.4 Å². The molecule has 1 saturated heterocycles. The van der Waals surface area contributed by atoms with Gasteiger partial charge in [-0.3, -0.25) is 9.59 Å². The Labute approximate surface area is 127 Å². The van der Waals surface area contributed by atoms with E-state index in [0.29, 0.717) is 5.92 Å². The Bertz CT molecular complexity index is 420. The van der Waals surface area contributed by atoms with Crippen molar-refractivity contribution in [2.75, 3.05) is 0 Å². The van der Waals surface area contributed by atoms with Gasteiger partial charge in [0.15, 0.2) is 0 Å². The van der Waals surface area contributed by atoms with Crippen molar-refractivity contribution in [2.45, 2.75) is 46.0 Å². The van der Waals surface area contributed by atoms with E-state index >= 15 is 0 Å². The summed E-state index contributed by atoms with van der Waals surface area (Å²) in [7, 11) is 0. The lowest BCUT2D eigenvalue weighted by molar-refractivity contribution is -0.153. The van der Waals surface area contributed by atoms with Gasteiger partial charge in [-0.05, 0) is 37.5 Å². The van der Waals surface area contributed by atoms with Crippen molar-refractivity contribution in [1.29, 1.82) is 0 Å². The molecule has 3 heteroatoms. The minimum absolute atomic E-state index is 0.0672. The van der Waals surface area contributed by atoms with Crippen LogP contribution in [0.1, 0.15) is 46.0 Å². The van der Waals surface area contributed by atoms with Crippen molar-refractivity contribution in [3.05, 3.63) is 37.0 Å². The Morgan fingerprint density at radius 2 is 2.05 bits per heavy atom. The number of esters is 2. The maximum Gasteiger partial charge on any atom is 0.317 e. The maximum atomic E-state index is 11.6. The highest BCUT2D eigenvalue weighted by atomic mass is 16.6. The quantitative estimate of drug-likeness (QED) is 0.363. The van der Waals surface area contributed by atoms with Crippen LogP contribution < -0.4 is 0 Å². The number of ether oxygens (including phenoxy) is 1. The zero-order valence-corrected chi connectivity index (χ0v) is 13.1. The van der Waals surface area contributed by atoms with Gasteiger partial charge in [0, 0.05) is 0 Å². The third-order valence-corrected chi connectivity index (χ3v) is 3.87. The largest absolute Gasteiger partial charge is 0.393 e. The lowest BCUT2D eigenvalue weighted by Gasteiger charge is -2.15. The highest BCUT2D eigenvalue weighted by Crippen LogP contribution is 2.28. The molecular formula is C18H26O3. The Balaban J connectivity index is 2.57. The summed E-state index contributed by atoms with van der Waals surface area (Å²) in [6.07, 6.45) is 14.6. The van der Waals surface area contributed by atoms with Gasteiger partial charge in [-0.1, -0.05) is 44.2 Å². The molecule has 0 saturated carbocycles. The van der Waals surface area contributed by atoms with Crippen LogP contribution in [0.4, 0.5) is 0 Å². The first-order valence-corrected chi connectivity index (χ1v) is 7.82. The molecule has 1 rings (SSSR count). The van der Waals surface area contributed by atoms with Crippen LogP contribution >= 0.6 is 0 Å². The van der Waals surface area contributed by atoms with Crippen molar-refractivity contribution < 1.29 is 14.3 Å². The molecule has 1 heterocycles. The van der Waals surface area contributed by atoms with Crippen molar-refractivity contribution in [2.24, 2.45) is 17.8 Å². The first-order valence-electron chi connectivity index (χ1n) is 7.82. The Kier molecular flexibility index (Phi) is 7.73. The SMILES string of the molecule is C=CC(/C=C/C(CC)C1CC(=O)OC1=O)CC/C=C/CC. The molecule has 0 radical (unpaired) electrons. The van der Waals surface area contributed by atoms with E-state index in [1.165, 1.54) is 0 Å². The van der Waals surface area contributed by atoms with Crippen LogP contribution in [0.5, 0.6) is 0 Å². The van der Waals surface area contributed by atoms with E-state index in [9.17, 15) is 9.59 Å². The van der Waals surface area contributed by atoms with E-state index < -0.39 is 5.97 Å². The average molecular weight is 290 g/mol. The second kappa shape index (κ2) is 9.32. The van der Waals surface area contributed by atoms with Gasteiger partial charge in [0.2, 0.25) is 0 Å². The minimum atomic E-state index is -0.401. The third-order valence-electron chi connectivity index (χ3n) is 3.87. The van der Waals surface area contributed by atoms with Gasteiger partial charge >= 0.3 is 11.9 Å². The van der Waals surface area contributed by atoms with Crippen LogP contribution in [-0.2, 0) is 14.3 Å². The van der Waals surface area contributed by atoms with E-state index in [1.54, 1.807) is 0 Å². The van der Waals surface area contributed by atoms with Gasteiger partial charge in [0.25, 0.3) is 0 Å². The summed E-state index contributed by atoms with van der Waals surface area (Å²) < 4.78 is 4.64.